The topological polar surface area (TPSA) is 49.4 Å². The summed E-state index contributed by atoms with van der Waals surface area (Å²) in [7, 11) is 0. The molecule has 1 rings (SSSR count). The Balaban J connectivity index is 2.71. The van der Waals surface area contributed by atoms with Crippen molar-refractivity contribution in [3.8, 4) is 0 Å². The quantitative estimate of drug-likeness (QED) is 0.853. The van der Waals surface area contributed by atoms with Gasteiger partial charge in [-0.05, 0) is 25.2 Å². The predicted molar refractivity (Wildman–Crippen MR) is 76.7 cm³/mol. The summed E-state index contributed by atoms with van der Waals surface area (Å²) in [6, 6.07) is -0.398. The number of nitrogens with one attached hydrogen (secondary N) is 1. The van der Waals surface area contributed by atoms with Gasteiger partial charge >= 0.3 is 0 Å². The van der Waals surface area contributed by atoms with Crippen molar-refractivity contribution in [2.75, 3.05) is 13.1 Å². The van der Waals surface area contributed by atoms with Crippen molar-refractivity contribution in [1.29, 1.82) is 0 Å². The minimum Gasteiger partial charge on any atom is -0.344 e. The Labute approximate surface area is 116 Å². The second-order valence-electron chi connectivity index (χ2n) is 6.83. The fourth-order valence-corrected chi connectivity index (χ4v) is 2.18. The van der Waals surface area contributed by atoms with Gasteiger partial charge in [-0.15, -0.1) is 0 Å². The first kappa shape index (κ1) is 16.0. The second-order valence-corrected chi connectivity index (χ2v) is 6.83. The van der Waals surface area contributed by atoms with Gasteiger partial charge in [-0.25, -0.2) is 0 Å². The zero-order valence-corrected chi connectivity index (χ0v) is 13.0. The van der Waals surface area contributed by atoms with Crippen molar-refractivity contribution >= 4 is 11.8 Å². The van der Waals surface area contributed by atoms with E-state index in [9.17, 15) is 9.59 Å². The highest BCUT2D eigenvalue weighted by Crippen LogP contribution is 2.17. The van der Waals surface area contributed by atoms with E-state index in [1.165, 1.54) is 6.42 Å². The normalized spacial score (nSPS) is 18.3. The molecule has 0 radical (unpaired) electrons. The zero-order valence-electron chi connectivity index (χ0n) is 13.0. The van der Waals surface area contributed by atoms with Crippen molar-refractivity contribution in [3.05, 3.63) is 0 Å². The Morgan fingerprint density at radius 1 is 1.05 bits per heavy atom. The van der Waals surface area contributed by atoms with Gasteiger partial charge in [0, 0.05) is 18.5 Å². The fourth-order valence-electron chi connectivity index (χ4n) is 2.18. The minimum atomic E-state index is -0.463. The van der Waals surface area contributed by atoms with Gasteiger partial charge in [-0.1, -0.05) is 34.6 Å². The number of likely N-dealkylation sites (tertiary alicyclic amines) is 1. The molecular formula is C15H28N2O2. The molecule has 0 bridgehead atoms. The maximum atomic E-state index is 12.5. The number of hydrogen-bond donors (Lipinski definition) is 1. The molecule has 0 aromatic rings. The van der Waals surface area contributed by atoms with Gasteiger partial charge < -0.3 is 10.2 Å². The highest BCUT2D eigenvalue weighted by Gasteiger charge is 2.32. The summed E-state index contributed by atoms with van der Waals surface area (Å²) in [6.07, 6.45) is 3.35. The van der Waals surface area contributed by atoms with Crippen LogP contribution in [0, 0.1) is 11.3 Å². The van der Waals surface area contributed by atoms with Crippen molar-refractivity contribution < 1.29 is 9.59 Å². The smallest absolute Gasteiger partial charge is 0.245 e. The number of carbonyl (C=O) groups excluding carboxylic acids is 2. The number of rotatable bonds is 3. The lowest BCUT2D eigenvalue weighted by molar-refractivity contribution is -0.140. The minimum absolute atomic E-state index is 0.0587. The first-order chi connectivity index (χ1) is 8.73. The number of carbonyl (C=O) groups is 2. The van der Waals surface area contributed by atoms with Gasteiger partial charge in [-0.2, -0.15) is 0 Å². The number of piperidine rings is 1. The molecule has 0 unspecified atom stereocenters. The van der Waals surface area contributed by atoms with Crippen LogP contribution < -0.4 is 5.32 Å². The van der Waals surface area contributed by atoms with Gasteiger partial charge in [0.05, 0.1) is 0 Å². The van der Waals surface area contributed by atoms with Gasteiger partial charge in [0.15, 0.2) is 0 Å². The first-order valence-corrected chi connectivity index (χ1v) is 7.33. The lowest BCUT2D eigenvalue weighted by Crippen LogP contribution is -2.54. The summed E-state index contributed by atoms with van der Waals surface area (Å²) in [5.74, 6) is 0.129. The van der Waals surface area contributed by atoms with Crippen molar-refractivity contribution in [1.82, 2.24) is 10.2 Å². The molecule has 0 spiro atoms. The molecule has 19 heavy (non-hydrogen) atoms. The summed E-state index contributed by atoms with van der Waals surface area (Å²) in [4.78, 5) is 26.5. The van der Waals surface area contributed by atoms with Gasteiger partial charge in [0.25, 0.3) is 0 Å². The molecule has 110 valence electrons. The Morgan fingerprint density at radius 2 is 1.58 bits per heavy atom. The molecule has 4 nitrogen and oxygen atoms in total. The van der Waals surface area contributed by atoms with Crippen LogP contribution in [-0.2, 0) is 9.59 Å². The van der Waals surface area contributed by atoms with Crippen molar-refractivity contribution in [2.24, 2.45) is 11.3 Å². The molecular weight excluding hydrogens is 240 g/mol. The molecule has 1 saturated heterocycles. The summed E-state index contributed by atoms with van der Waals surface area (Å²) in [6.45, 7) is 11.2. The van der Waals surface area contributed by atoms with Crippen molar-refractivity contribution in [2.45, 2.75) is 59.9 Å². The van der Waals surface area contributed by atoms with Crippen LogP contribution in [0.5, 0.6) is 0 Å². The molecule has 4 heteroatoms. The highest BCUT2D eigenvalue weighted by molar-refractivity contribution is 5.89. The van der Waals surface area contributed by atoms with Crippen LogP contribution in [0.1, 0.15) is 53.9 Å². The van der Waals surface area contributed by atoms with E-state index in [-0.39, 0.29) is 17.7 Å². The van der Waals surface area contributed by atoms with Crippen LogP contribution in [0.2, 0.25) is 0 Å². The molecule has 0 saturated carbocycles. The molecule has 1 aliphatic heterocycles. The van der Waals surface area contributed by atoms with Gasteiger partial charge in [0.1, 0.15) is 6.04 Å². The standard InChI is InChI=1S/C15H28N2O2/c1-11(2)12(16-14(19)15(3,4)5)13(18)17-9-7-6-8-10-17/h11-12H,6-10H2,1-5H3,(H,16,19)/t12-/m1/s1. The summed E-state index contributed by atoms with van der Waals surface area (Å²) in [5, 5.41) is 2.92. The van der Waals surface area contributed by atoms with Crippen LogP contribution in [0.25, 0.3) is 0 Å². The molecule has 1 aliphatic rings. The largest absolute Gasteiger partial charge is 0.344 e. The van der Waals surface area contributed by atoms with Gasteiger partial charge in [0.2, 0.25) is 11.8 Å². The molecule has 1 atom stereocenters. The van der Waals surface area contributed by atoms with E-state index in [4.69, 9.17) is 0 Å². The van der Waals surface area contributed by atoms with E-state index in [1.807, 2.05) is 39.5 Å². The molecule has 0 aromatic heterocycles. The van der Waals surface area contributed by atoms with E-state index in [0.717, 1.165) is 25.9 Å². The lowest BCUT2D eigenvalue weighted by atomic mass is 9.93. The summed E-state index contributed by atoms with van der Waals surface area (Å²) in [5.41, 5.74) is -0.463. The van der Waals surface area contributed by atoms with Crippen LogP contribution in [0.3, 0.4) is 0 Å². The average molecular weight is 268 g/mol. The van der Waals surface area contributed by atoms with Crippen LogP contribution in [-0.4, -0.2) is 35.8 Å². The molecule has 1 fully saturated rings. The third-order valence-electron chi connectivity index (χ3n) is 3.57. The van der Waals surface area contributed by atoms with E-state index >= 15 is 0 Å². The molecule has 0 aromatic carbocycles. The van der Waals surface area contributed by atoms with Crippen LogP contribution in [0.4, 0.5) is 0 Å². The maximum absolute atomic E-state index is 12.5. The highest BCUT2D eigenvalue weighted by atomic mass is 16.2. The summed E-state index contributed by atoms with van der Waals surface area (Å²) >= 11 is 0. The Bertz CT molecular complexity index is 326. The van der Waals surface area contributed by atoms with Crippen LogP contribution >= 0.6 is 0 Å². The first-order valence-electron chi connectivity index (χ1n) is 7.33. The number of amides is 2. The Morgan fingerprint density at radius 3 is 2.00 bits per heavy atom. The number of hydrogen-bond acceptors (Lipinski definition) is 2. The zero-order chi connectivity index (χ0) is 14.6. The maximum Gasteiger partial charge on any atom is 0.245 e. The lowest BCUT2D eigenvalue weighted by Gasteiger charge is -2.33. The van der Waals surface area contributed by atoms with E-state index in [0.29, 0.717) is 0 Å². The van der Waals surface area contributed by atoms with E-state index in [2.05, 4.69) is 5.32 Å². The number of nitrogens with zero attached hydrogens (tertiary/aromatic N) is 1. The van der Waals surface area contributed by atoms with E-state index < -0.39 is 11.5 Å². The third-order valence-corrected chi connectivity index (χ3v) is 3.57. The van der Waals surface area contributed by atoms with Crippen molar-refractivity contribution in [3.63, 3.8) is 0 Å². The fraction of sp³-hybridized carbons (Fsp3) is 0.867. The Hall–Kier alpha value is -1.06. The summed E-state index contributed by atoms with van der Waals surface area (Å²) < 4.78 is 0. The van der Waals surface area contributed by atoms with Crippen LogP contribution in [0.15, 0.2) is 0 Å². The SMILES string of the molecule is CC(C)[C@@H](NC(=O)C(C)(C)C)C(=O)N1CCCCC1. The third kappa shape index (κ3) is 4.51. The average Bonchev–Trinajstić information content (AvgIpc) is 2.34. The monoisotopic (exact) mass is 268 g/mol. The molecule has 1 heterocycles. The molecule has 0 aliphatic carbocycles. The Kier molecular flexibility index (Phi) is 5.39. The van der Waals surface area contributed by atoms with E-state index in [1.54, 1.807) is 0 Å². The molecule has 1 N–H and O–H groups in total. The molecule has 2 amide bonds. The predicted octanol–water partition coefficient (Wildman–Crippen LogP) is 2.19. The van der Waals surface area contributed by atoms with Gasteiger partial charge in [-0.3, -0.25) is 9.59 Å². The second kappa shape index (κ2) is 6.40.